The highest BCUT2D eigenvalue weighted by molar-refractivity contribution is 6.19. The Balaban J connectivity index is 0.927. The predicted octanol–water partition coefficient (Wildman–Crippen LogP) is 17.3. The lowest BCUT2D eigenvalue weighted by molar-refractivity contribution is 1.07. The third-order valence-electron chi connectivity index (χ3n) is 14.7. The maximum Gasteiger partial charge on any atom is 0.164 e. The molecule has 12 aromatic carbocycles. The van der Waals surface area contributed by atoms with Gasteiger partial charge in [0.1, 0.15) is 0 Å². The number of benzene rings is 12. The molecule has 0 unspecified atom stereocenters. The molecule has 3 aromatic heterocycles. The fraction of sp³-hybridized carbons (Fsp3) is 0. The van der Waals surface area contributed by atoms with E-state index in [9.17, 15) is 0 Å². The van der Waals surface area contributed by atoms with Gasteiger partial charge in [-0.05, 0) is 103 Å². The molecule has 0 aliphatic heterocycles. The number of para-hydroxylation sites is 2. The maximum absolute atomic E-state index is 5.36. The first-order valence-corrected chi connectivity index (χ1v) is 24.5. The van der Waals surface area contributed by atoms with Crippen LogP contribution in [-0.2, 0) is 0 Å². The van der Waals surface area contributed by atoms with Gasteiger partial charge < -0.3 is 9.13 Å². The molecule has 3 heterocycles. The summed E-state index contributed by atoms with van der Waals surface area (Å²) in [5, 5.41) is 14.2. The zero-order valence-electron chi connectivity index (χ0n) is 38.9. The monoisotopic (exact) mass is 915 g/mol. The molecule has 0 bridgehead atoms. The van der Waals surface area contributed by atoms with Crippen LogP contribution in [0.5, 0.6) is 0 Å². The highest BCUT2D eigenvalue weighted by Crippen LogP contribution is 2.41. The van der Waals surface area contributed by atoms with Crippen LogP contribution in [0.1, 0.15) is 0 Å². The first kappa shape index (κ1) is 40.2. The Kier molecular flexibility index (Phi) is 8.89. The number of hydrogen-bond donors (Lipinski definition) is 0. The summed E-state index contributed by atoms with van der Waals surface area (Å²) in [6.07, 6.45) is 0. The molecule has 15 aromatic rings. The predicted molar refractivity (Wildman–Crippen MR) is 300 cm³/mol. The van der Waals surface area contributed by atoms with E-state index in [1.807, 2.05) is 6.07 Å². The minimum absolute atomic E-state index is 0.616. The number of nitrogens with zero attached hydrogens (tertiary/aromatic N) is 5. The SMILES string of the molecule is c1ccc(-c2ccc(-c3nc(-c4ccc5ccccc5c4)nc(-c4cc(-n5c6ccccc6c6cc7cc(-n8c9ccccc9c9ccc%10ccccc%10c98)ccc7cc65)cc5ccccc45)n3)cc2)cc1. The molecule has 0 aliphatic rings. The van der Waals surface area contributed by atoms with Crippen LogP contribution >= 0.6 is 0 Å². The molecule has 5 nitrogen and oxygen atoms in total. The van der Waals surface area contributed by atoms with E-state index in [4.69, 9.17) is 15.0 Å². The van der Waals surface area contributed by atoms with Crippen LogP contribution in [-0.4, -0.2) is 24.1 Å². The molecule has 0 aliphatic carbocycles. The van der Waals surface area contributed by atoms with Crippen molar-refractivity contribution < 1.29 is 0 Å². The van der Waals surface area contributed by atoms with Gasteiger partial charge in [0.15, 0.2) is 17.5 Å². The standard InChI is InChI=1S/C67H41N5/c1-2-14-42(15-3-1)44-26-29-46(30-27-44)65-68-66(50-31-28-43-16-4-5-18-47(43)36-50)70-67(69-65)60-41-53(37-49-19-7-8-20-54(49)60)71-61-24-12-11-23-57(61)59-39-51-38-52(34-32-48(51)40-63(59)71)72-62-25-13-10-22-56(62)58-35-33-45-17-6-9-21-55(45)64(58)72/h1-41H. The Morgan fingerprint density at radius 3 is 1.58 bits per heavy atom. The van der Waals surface area contributed by atoms with E-state index in [1.54, 1.807) is 0 Å². The van der Waals surface area contributed by atoms with E-state index in [-0.39, 0.29) is 0 Å². The third-order valence-corrected chi connectivity index (χ3v) is 14.7. The van der Waals surface area contributed by atoms with Crippen molar-refractivity contribution in [3.05, 3.63) is 249 Å². The van der Waals surface area contributed by atoms with Crippen molar-refractivity contribution in [2.75, 3.05) is 0 Å². The smallest absolute Gasteiger partial charge is 0.164 e. The number of rotatable bonds is 6. The van der Waals surface area contributed by atoms with Gasteiger partial charge in [0.25, 0.3) is 0 Å². The van der Waals surface area contributed by atoms with Crippen LogP contribution in [0, 0.1) is 0 Å². The number of hydrogen-bond acceptors (Lipinski definition) is 3. The number of aromatic nitrogens is 5. The van der Waals surface area contributed by atoms with Crippen molar-refractivity contribution in [2.24, 2.45) is 0 Å². The van der Waals surface area contributed by atoms with Gasteiger partial charge >= 0.3 is 0 Å². The second-order valence-corrected chi connectivity index (χ2v) is 18.8. The molecule has 0 radical (unpaired) electrons. The summed E-state index contributed by atoms with van der Waals surface area (Å²) in [6.45, 7) is 0. The fourth-order valence-electron chi connectivity index (χ4n) is 11.2. The van der Waals surface area contributed by atoms with Crippen LogP contribution < -0.4 is 0 Å². The second-order valence-electron chi connectivity index (χ2n) is 18.8. The lowest BCUT2D eigenvalue weighted by atomic mass is 10.0. The van der Waals surface area contributed by atoms with E-state index in [0.29, 0.717) is 17.5 Å². The Morgan fingerprint density at radius 1 is 0.236 bits per heavy atom. The Hall–Kier alpha value is -9.71. The normalized spacial score (nSPS) is 11.9. The van der Waals surface area contributed by atoms with Gasteiger partial charge in [0, 0.05) is 55.0 Å². The average Bonchev–Trinajstić information content (AvgIpc) is 3.96. The van der Waals surface area contributed by atoms with Gasteiger partial charge in [0.05, 0.1) is 22.1 Å². The zero-order chi connectivity index (χ0) is 47.3. The molecule has 72 heavy (non-hydrogen) atoms. The summed E-state index contributed by atoms with van der Waals surface area (Å²) in [5.74, 6) is 1.86. The second kappa shape index (κ2) is 15.9. The van der Waals surface area contributed by atoms with Crippen LogP contribution in [0.3, 0.4) is 0 Å². The van der Waals surface area contributed by atoms with Gasteiger partial charge in [-0.25, -0.2) is 15.0 Å². The summed E-state index contributed by atoms with van der Waals surface area (Å²) in [6, 6.07) is 89.5. The Bertz CT molecular complexity index is 4680. The quantitative estimate of drug-likeness (QED) is 0.167. The molecular formula is C67H41N5. The van der Waals surface area contributed by atoms with E-state index in [1.165, 1.54) is 59.5 Å². The van der Waals surface area contributed by atoms with Crippen molar-refractivity contribution in [1.82, 2.24) is 24.1 Å². The molecule has 5 heteroatoms. The highest BCUT2D eigenvalue weighted by Gasteiger charge is 2.21. The van der Waals surface area contributed by atoms with Gasteiger partial charge in [-0.3, -0.25) is 0 Å². The van der Waals surface area contributed by atoms with Crippen molar-refractivity contribution >= 4 is 86.7 Å². The van der Waals surface area contributed by atoms with E-state index in [0.717, 1.165) is 66.4 Å². The summed E-state index contributed by atoms with van der Waals surface area (Å²) in [7, 11) is 0. The summed E-state index contributed by atoms with van der Waals surface area (Å²) in [5.41, 5.74) is 12.0. The lowest BCUT2D eigenvalue weighted by Gasteiger charge is -2.15. The van der Waals surface area contributed by atoms with Crippen LogP contribution in [0.25, 0.3) is 143 Å². The molecule has 0 atom stereocenters. The van der Waals surface area contributed by atoms with Crippen LogP contribution in [0.2, 0.25) is 0 Å². The zero-order valence-corrected chi connectivity index (χ0v) is 38.9. The molecule has 0 amide bonds. The van der Waals surface area contributed by atoms with Gasteiger partial charge in [-0.1, -0.05) is 194 Å². The topological polar surface area (TPSA) is 48.5 Å². The molecular weight excluding hydrogens is 875 g/mol. The van der Waals surface area contributed by atoms with E-state index >= 15 is 0 Å². The highest BCUT2D eigenvalue weighted by atomic mass is 15.0. The van der Waals surface area contributed by atoms with E-state index < -0.39 is 0 Å². The molecule has 0 N–H and O–H groups in total. The first-order valence-electron chi connectivity index (χ1n) is 24.5. The molecule has 334 valence electrons. The molecule has 15 rings (SSSR count). The number of fused-ring (bicyclic) bond motifs is 11. The minimum atomic E-state index is 0.616. The largest absolute Gasteiger partial charge is 0.309 e. The van der Waals surface area contributed by atoms with Crippen molar-refractivity contribution in [2.45, 2.75) is 0 Å². The van der Waals surface area contributed by atoms with Crippen molar-refractivity contribution in [3.8, 4) is 56.7 Å². The van der Waals surface area contributed by atoms with Crippen molar-refractivity contribution in [3.63, 3.8) is 0 Å². The molecule has 0 saturated heterocycles. The molecule has 0 saturated carbocycles. The molecule has 0 spiro atoms. The fourth-order valence-corrected chi connectivity index (χ4v) is 11.2. The lowest BCUT2D eigenvalue weighted by Crippen LogP contribution is -2.02. The summed E-state index contributed by atoms with van der Waals surface area (Å²) >= 11 is 0. The third kappa shape index (κ3) is 6.38. The Morgan fingerprint density at radius 2 is 0.778 bits per heavy atom. The molecule has 0 fully saturated rings. The van der Waals surface area contributed by atoms with Crippen LogP contribution in [0.15, 0.2) is 249 Å². The van der Waals surface area contributed by atoms with Gasteiger partial charge in [-0.2, -0.15) is 0 Å². The van der Waals surface area contributed by atoms with Crippen molar-refractivity contribution in [1.29, 1.82) is 0 Å². The summed E-state index contributed by atoms with van der Waals surface area (Å²) < 4.78 is 4.87. The average molecular weight is 916 g/mol. The summed E-state index contributed by atoms with van der Waals surface area (Å²) in [4.78, 5) is 15.9. The maximum atomic E-state index is 5.36. The Labute approximate surface area is 414 Å². The minimum Gasteiger partial charge on any atom is -0.309 e. The van der Waals surface area contributed by atoms with Crippen LogP contribution in [0.4, 0.5) is 0 Å². The van der Waals surface area contributed by atoms with Gasteiger partial charge in [0.2, 0.25) is 0 Å². The van der Waals surface area contributed by atoms with Gasteiger partial charge in [-0.15, -0.1) is 0 Å². The van der Waals surface area contributed by atoms with E-state index in [2.05, 4.69) is 252 Å². The first-order chi connectivity index (χ1) is 35.7.